The highest BCUT2D eigenvalue weighted by Gasteiger charge is 2.19. The maximum atomic E-state index is 5.17. The third kappa shape index (κ3) is 2.82. The van der Waals surface area contributed by atoms with Crippen molar-refractivity contribution in [3.8, 4) is 22.5 Å². The van der Waals surface area contributed by atoms with Crippen molar-refractivity contribution in [3.05, 3.63) is 127 Å². The molecule has 0 radical (unpaired) electrons. The minimum atomic E-state index is 0.898. The lowest BCUT2D eigenvalue weighted by atomic mass is 9.99. The summed E-state index contributed by atoms with van der Waals surface area (Å²) in [5.41, 5.74) is 9.40. The van der Waals surface area contributed by atoms with Crippen LogP contribution >= 0.6 is 0 Å². The summed E-state index contributed by atoms with van der Waals surface area (Å²) in [6.45, 7) is 0. The number of rotatable bonds is 2. The first-order valence-corrected chi connectivity index (χ1v) is 13.3. The lowest BCUT2D eigenvalue weighted by Crippen LogP contribution is -1.96. The number of hydrogen-bond donors (Lipinski definition) is 0. The van der Waals surface area contributed by atoms with E-state index >= 15 is 0 Å². The summed E-state index contributed by atoms with van der Waals surface area (Å²) in [4.78, 5) is 10.3. The molecule has 9 rings (SSSR count). The number of hydrogen-bond acceptors (Lipinski definition) is 2. The molecule has 0 saturated carbocycles. The summed E-state index contributed by atoms with van der Waals surface area (Å²) in [6, 6.07) is 45.2. The maximum absolute atomic E-state index is 5.17. The second kappa shape index (κ2) is 7.62. The molecule has 3 aromatic heterocycles. The molecule has 9 aromatic rings. The van der Waals surface area contributed by atoms with Gasteiger partial charge in [-0.25, -0.2) is 9.97 Å². The number of nitrogens with zero attached hydrogens (tertiary/aromatic N) is 3. The Kier molecular flexibility index (Phi) is 4.05. The van der Waals surface area contributed by atoms with Crippen molar-refractivity contribution >= 4 is 59.9 Å². The van der Waals surface area contributed by atoms with Crippen molar-refractivity contribution in [3.63, 3.8) is 0 Å². The van der Waals surface area contributed by atoms with Gasteiger partial charge in [-0.2, -0.15) is 0 Å². The highest BCUT2D eigenvalue weighted by atomic mass is 14.9. The molecular weight excluding hydrogens is 474 g/mol. The van der Waals surface area contributed by atoms with E-state index in [1.807, 2.05) is 30.3 Å². The molecule has 0 saturated heterocycles. The van der Waals surface area contributed by atoms with E-state index < -0.39 is 0 Å². The summed E-state index contributed by atoms with van der Waals surface area (Å²) in [5.74, 6) is 0. The number of para-hydroxylation sites is 3. The minimum Gasteiger partial charge on any atom is -0.308 e. The Hall–Kier alpha value is -5.28. The topological polar surface area (TPSA) is 30.2 Å². The molecule has 0 aliphatic rings. The van der Waals surface area contributed by atoms with Gasteiger partial charge in [-0.1, -0.05) is 103 Å². The largest absolute Gasteiger partial charge is 0.308 e. The molecule has 0 amide bonds. The number of aromatic nitrogens is 3. The molecular formula is C36H21N3. The third-order valence-electron chi connectivity index (χ3n) is 8.09. The predicted octanol–water partition coefficient (Wildman–Crippen LogP) is 9.27. The molecule has 3 nitrogen and oxygen atoms in total. The van der Waals surface area contributed by atoms with Crippen LogP contribution in [-0.2, 0) is 0 Å². The summed E-state index contributed by atoms with van der Waals surface area (Å²) >= 11 is 0. The van der Waals surface area contributed by atoms with Crippen LogP contribution < -0.4 is 0 Å². The summed E-state index contributed by atoms with van der Waals surface area (Å²) in [5, 5.41) is 7.67. The Bertz CT molecular complexity index is 2380. The van der Waals surface area contributed by atoms with Crippen molar-refractivity contribution in [1.82, 2.24) is 14.4 Å². The molecule has 3 heterocycles. The third-order valence-corrected chi connectivity index (χ3v) is 8.09. The second-order valence-corrected chi connectivity index (χ2v) is 10.2. The van der Waals surface area contributed by atoms with E-state index in [1.165, 1.54) is 48.9 Å². The molecule has 180 valence electrons. The van der Waals surface area contributed by atoms with E-state index in [0.717, 1.165) is 33.5 Å². The van der Waals surface area contributed by atoms with Crippen molar-refractivity contribution < 1.29 is 0 Å². The van der Waals surface area contributed by atoms with Gasteiger partial charge < -0.3 is 4.40 Å². The first kappa shape index (κ1) is 20.7. The molecule has 0 N–H and O–H groups in total. The zero-order valence-corrected chi connectivity index (χ0v) is 21.0. The standard InChI is InChI=1S/C36H21N3/c1-2-9-23(10-3-1)34-35(38-30-17-5-4-16-29(30)37-34)24-19-20-25-27-14-8-15-28-26-13-6-11-22-12-7-18-31(33(22)26)39(36(27)28)32(25)21-24/h1-21H. The van der Waals surface area contributed by atoms with E-state index in [1.54, 1.807) is 0 Å². The van der Waals surface area contributed by atoms with Crippen LogP contribution in [0.1, 0.15) is 0 Å². The number of pyridine rings is 1. The van der Waals surface area contributed by atoms with Gasteiger partial charge in [-0.3, -0.25) is 0 Å². The molecule has 0 aliphatic carbocycles. The average molecular weight is 496 g/mol. The zero-order valence-electron chi connectivity index (χ0n) is 21.0. The quantitative estimate of drug-likeness (QED) is 0.177. The van der Waals surface area contributed by atoms with Crippen LogP contribution in [0.2, 0.25) is 0 Å². The number of benzene rings is 6. The Morgan fingerprint density at radius 1 is 0.436 bits per heavy atom. The van der Waals surface area contributed by atoms with Gasteiger partial charge >= 0.3 is 0 Å². The fourth-order valence-corrected chi connectivity index (χ4v) is 6.41. The van der Waals surface area contributed by atoms with E-state index in [9.17, 15) is 0 Å². The SMILES string of the molecule is c1ccc(-c2nc3ccccc3nc2-c2ccc3c4cccc5c6cccc7cccc(c76)n(c3c2)c54)cc1. The first-order valence-electron chi connectivity index (χ1n) is 13.3. The van der Waals surface area contributed by atoms with E-state index in [-0.39, 0.29) is 0 Å². The smallest absolute Gasteiger partial charge is 0.0973 e. The lowest BCUT2D eigenvalue weighted by molar-refractivity contribution is 1.29. The van der Waals surface area contributed by atoms with Crippen LogP contribution in [-0.4, -0.2) is 14.4 Å². The van der Waals surface area contributed by atoms with Crippen LogP contribution in [0.25, 0.3) is 82.4 Å². The molecule has 3 heteroatoms. The zero-order chi connectivity index (χ0) is 25.5. The summed E-state index contributed by atoms with van der Waals surface area (Å²) < 4.78 is 2.45. The first-order chi connectivity index (χ1) is 19.3. The molecule has 6 aromatic carbocycles. The van der Waals surface area contributed by atoms with Crippen LogP contribution in [0.5, 0.6) is 0 Å². The fourth-order valence-electron chi connectivity index (χ4n) is 6.41. The van der Waals surface area contributed by atoms with E-state index in [4.69, 9.17) is 9.97 Å². The highest BCUT2D eigenvalue weighted by Crippen LogP contribution is 2.42. The van der Waals surface area contributed by atoms with Gasteiger partial charge in [-0.05, 0) is 35.0 Å². The Morgan fingerprint density at radius 2 is 1.08 bits per heavy atom. The molecule has 0 bridgehead atoms. The van der Waals surface area contributed by atoms with Gasteiger partial charge in [0, 0.05) is 32.7 Å². The second-order valence-electron chi connectivity index (χ2n) is 10.2. The highest BCUT2D eigenvalue weighted by molar-refractivity contribution is 6.27. The minimum absolute atomic E-state index is 0.898. The van der Waals surface area contributed by atoms with Gasteiger partial charge in [0.2, 0.25) is 0 Å². The van der Waals surface area contributed by atoms with Gasteiger partial charge in [0.15, 0.2) is 0 Å². The number of fused-ring (bicyclic) bond motifs is 6. The van der Waals surface area contributed by atoms with Gasteiger partial charge in [0.25, 0.3) is 0 Å². The summed E-state index contributed by atoms with van der Waals surface area (Å²) in [7, 11) is 0. The van der Waals surface area contributed by atoms with E-state index in [0.29, 0.717) is 0 Å². The molecule has 39 heavy (non-hydrogen) atoms. The van der Waals surface area contributed by atoms with Crippen molar-refractivity contribution in [2.24, 2.45) is 0 Å². The van der Waals surface area contributed by atoms with Gasteiger partial charge in [0.1, 0.15) is 0 Å². The van der Waals surface area contributed by atoms with Gasteiger partial charge in [-0.15, -0.1) is 0 Å². The predicted molar refractivity (Wildman–Crippen MR) is 163 cm³/mol. The van der Waals surface area contributed by atoms with Crippen LogP contribution in [0.15, 0.2) is 127 Å². The molecule has 0 fully saturated rings. The Balaban J connectivity index is 1.44. The lowest BCUT2D eigenvalue weighted by Gasteiger charge is -2.13. The fraction of sp³-hybridized carbons (Fsp3) is 0. The van der Waals surface area contributed by atoms with Crippen LogP contribution in [0.4, 0.5) is 0 Å². The van der Waals surface area contributed by atoms with Crippen molar-refractivity contribution in [1.29, 1.82) is 0 Å². The van der Waals surface area contributed by atoms with E-state index in [2.05, 4.69) is 101 Å². The van der Waals surface area contributed by atoms with Crippen LogP contribution in [0, 0.1) is 0 Å². The molecule has 0 spiro atoms. The van der Waals surface area contributed by atoms with Crippen LogP contribution in [0.3, 0.4) is 0 Å². The molecule has 0 atom stereocenters. The van der Waals surface area contributed by atoms with Crippen molar-refractivity contribution in [2.45, 2.75) is 0 Å². The normalized spacial score (nSPS) is 12.1. The summed E-state index contributed by atoms with van der Waals surface area (Å²) in [6.07, 6.45) is 0. The average Bonchev–Trinajstić information content (AvgIpc) is 3.34. The van der Waals surface area contributed by atoms with Gasteiger partial charge in [0.05, 0.1) is 39.0 Å². The Labute approximate surface area is 223 Å². The maximum Gasteiger partial charge on any atom is 0.0973 e. The van der Waals surface area contributed by atoms with Crippen molar-refractivity contribution in [2.75, 3.05) is 0 Å². The Morgan fingerprint density at radius 3 is 1.87 bits per heavy atom. The monoisotopic (exact) mass is 495 g/mol. The molecule has 0 unspecified atom stereocenters. The molecule has 0 aliphatic heterocycles.